The van der Waals surface area contributed by atoms with Crippen LogP contribution in [-0.4, -0.2) is 32.0 Å². The molecule has 0 fully saturated rings. The number of benzene rings is 3. The van der Waals surface area contributed by atoms with E-state index < -0.39 is 25.3 Å². The zero-order valence-electron chi connectivity index (χ0n) is 19.2. The highest BCUT2D eigenvalue weighted by molar-refractivity contribution is 7.91. The van der Waals surface area contributed by atoms with Crippen LogP contribution in [0.2, 0.25) is 0 Å². The molecule has 190 valence electrons. The van der Waals surface area contributed by atoms with Crippen molar-refractivity contribution < 1.29 is 21.3 Å². The van der Waals surface area contributed by atoms with E-state index in [4.69, 9.17) is 9.56 Å². The standard InChI is InChI=1S/C24H21N5O5S3/c25-37(32,33)26-14-21-28-29-23(34-21)22(36(30,31)15-16-7-3-1-4-8-16)24-27-19-12-11-18(13-20(19)35-24)17-9-5-2-6-10-17/h1-13,22,26H,14-15H2,(H2,25,32,33). The molecule has 2 heterocycles. The summed E-state index contributed by atoms with van der Waals surface area (Å²) in [6.45, 7) is -0.377. The zero-order chi connectivity index (χ0) is 26.0. The van der Waals surface area contributed by atoms with Crippen molar-refractivity contribution in [2.75, 3.05) is 0 Å². The number of rotatable bonds is 9. The van der Waals surface area contributed by atoms with E-state index in [2.05, 4.69) is 15.2 Å². The van der Waals surface area contributed by atoms with Gasteiger partial charge in [0.2, 0.25) is 11.8 Å². The smallest absolute Gasteiger partial charge is 0.274 e. The second-order valence-corrected chi connectivity index (χ2v) is 12.7. The van der Waals surface area contributed by atoms with Gasteiger partial charge in [-0.25, -0.2) is 18.5 Å². The fraction of sp³-hybridized carbons (Fsp3) is 0.125. The molecule has 5 aromatic rings. The number of hydrogen-bond acceptors (Lipinski definition) is 9. The average Bonchev–Trinajstić information content (AvgIpc) is 3.49. The molecule has 0 amide bonds. The Morgan fingerprint density at radius 2 is 1.59 bits per heavy atom. The lowest BCUT2D eigenvalue weighted by Crippen LogP contribution is -2.30. The molecule has 2 aromatic heterocycles. The van der Waals surface area contributed by atoms with E-state index in [1.807, 2.05) is 53.3 Å². The normalized spacial score (nSPS) is 13.1. The molecule has 0 radical (unpaired) electrons. The van der Waals surface area contributed by atoms with E-state index >= 15 is 0 Å². The second-order valence-electron chi connectivity index (χ2n) is 8.17. The Hall–Kier alpha value is -3.49. The Labute approximate surface area is 217 Å². The predicted molar refractivity (Wildman–Crippen MR) is 140 cm³/mol. The van der Waals surface area contributed by atoms with Gasteiger partial charge in [-0.3, -0.25) is 0 Å². The molecule has 5 rings (SSSR count). The van der Waals surface area contributed by atoms with Gasteiger partial charge in [-0.2, -0.15) is 13.1 Å². The lowest BCUT2D eigenvalue weighted by Gasteiger charge is -2.12. The number of sulfone groups is 1. The first-order valence-corrected chi connectivity index (χ1v) is 15.1. The maximum absolute atomic E-state index is 13.7. The molecule has 37 heavy (non-hydrogen) atoms. The fourth-order valence-electron chi connectivity index (χ4n) is 3.77. The van der Waals surface area contributed by atoms with Crippen LogP contribution in [0.25, 0.3) is 21.3 Å². The van der Waals surface area contributed by atoms with Crippen molar-refractivity contribution in [3.63, 3.8) is 0 Å². The third kappa shape index (κ3) is 5.92. The van der Waals surface area contributed by atoms with Crippen molar-refractivity contribution >= 4 is 41.6 Å². The van der Waals surface area contributed by atoms with Gasteiger partial charge in [0, 0.05) is 0 Å². The van der Waals surface area contributed by atoms with Gasteiger partial charge >= 0.3 is 0 Å². The quantitative estimate of drug-likeness (QED) is 0.280. The van der Waals surface area contributed by atoms with Gasteiger partial charge in [-0.15, -0.1) is 21.5 Å². The highest BCUT2D eigenvalue weighted by Crippen LogP contribution is 2.38. The van der Waals surface area contributed by atoms with Crippen LogP contribution in [0.5, 0.6) is 0 Å². The number of fused-ring (bicyclic) bond motifs is 1. The third-order valence-corrected chi connectivity index (χ3v) is 9.10. The molecule has 1 unspecified atom stereocenters. The zero-order valence-corrected chi connectivity index (χ0v) is 21.6. The van der Waals surface area contributed by atoms with E-state index in [0.29, 0.717) is 11.1 Å². The van der Waals surface area contributed by atoms with Gasteiger partial charge in [-0.05, 0) is 28.8 Å². The minimum Gasteiger partial charge on any atom is -0.422 e. The van der Waals surface area contributed by atoms with Crippen LogP contribution in [0.3, 0.4) is 0 Å². The molecule has 13 heteroatoms. The second kappa shape index (κ2) is 10.1. The molecule has 0 aliphatic rings. The number of nitrogens with two attached hydrogens (primary N) is 1. The summed E-state index contributed by atoms with van der Waals surface area (Å²) in [5.41, 5.74) is 3.23. The summed E-state index contributed by atoms with van der Waals surface area (Å²) in [5, 5.41) is 11.6. The maximum atomic E-state index is 13.7. The van der Waals surface area contributed by atoms with Crippen LogP contribution in [-0.2, 0) is 32.3 Å². The number of nitrogens with one attached hydrogen (secondary N) is 1. The topological polar surface area (TPSA) is 158 Å². The van der Waals surface area contributed by atoms with E-state index in [0.717, 1.165) is 15.8 Å². The molecule has 0 spiro atoms. The minimum atomic E-state index is -4.01. The Balaban J connectivity index is 1.56. The summed E-state index contributed by atoms with van der Waals surface area (Å²) < 4.78 is 58.3. The van der Waals surface area contributed by atoms with E-state index in [-0.39, 0.29) is 29.1 Å². The maximum Gasteiger partial charge on any atom is 0.274 e. The summed E-state index contributed by atoms with van der Waals surface area (Å²) in [6, 6.07) is 24.3. The largest absolute Gasteiger partial charge is 0.422 e. The van der Waals surface area contributed by atoms with Crippen LogP contribution in [0.15, 0.2) is 83.3 Å². The lowest BCUT2D eigenvalue weighted by molar-refractivity contribution is 0.443. The SMILES string of the molecule is NS(=O)(=O)NCc1nnc(C(c2nc3ccc(-c4ccccc4)cc3s2)S(=O)(=O)Cc2ccccc2)o1. The van der Waals surface area contributed by atoms with Crippen LogP contribution in [0.1, 0.15) is 27.6 Å². The molecule has 1 atom stereocenters. The molecule has 0 bridgehead atoms. The first-order valence-electron chi connectivity index (χ1n) is 11.0. The Morgan fingerprint density at radius 3 is 2.30 bits per heavy atom. The monoisotopic (exact) mass is 555 g/mol. The summed E-state index contributed by atoms with van der Waals surface area (Å²) in [7, 11) is -7.94. The summed E-state index contributed by atoms with van der Waals surface area (Å²) in [5.74, 6) is -0.613. The van der Waals surface area contributed by atoms with Crippen molar-refractivity contribution in [1.82, 2.24) is 19.9 Å². The van der Waals surface area contributed by atoms with E-state index in [1.54, 1.807) is 30.3 Å². The Morgan fingerprint density at radius 1 is 0.892 bits per heavy atom. The van der Waals surface area contributed by atoms with Crippen molar-refractivity contribution in [3.05, 3.63) is 101 Å². The van der Waals surface area contributed by atoms with Crippen LogP contribution in [0.4, 0.5) is 0 Å². The van der Waals surface area contributed by atoms with E-state index in [1.165, 1.54) is 11.3 Å². The number of nitrogens with zero attached hydrogens (tertiary/aromatic N) is 3. The molecule has 0 saturated heterocycles. The van der Waals surface area contributed by atoms with Crippen LogP contribution >= 0.6 is 11.3 Å². The molecular weight excluding hydrogens is 534 g/mol. The highest BCUT2D eigenvalue weighted by atomic mass is 32.2. The predicted octanol–water partition coefficient (Wildman–Crippen LogP) is 3.34. The van der Waals surface area contributed by atoms with Gasteiger partial charge in [0.05, 0.1) is 22.5 Å². The molecule has 0 aliphatic carbocycles. The van der Waals surface area contributed by atoms with Crippen LogP contribution in [0, 0.1) is 0 Å². The summed E-state index contributed by atoms with van der Waals surface area (Å²) >= 11 is 1.22. The summed E-state index contributed by atoms with van der Waals surface area (Å²) in [6.07, 6.45) is 0. The minimum absolute atomic E-state index is 0.128. The highest BCUT2D eigenvalue weighted by Gasteiger charge is 2.37. The number of aromatic nitrogens is 3. The first kappa shape index (κ1) is 25.2. The molecular formula is C24H21N5O5S3. The lowest BCUT2D eigenvalue weighted by atomic mass is 10.1. The van der Waals surface area contributed by atoms with Gasteiger partial charge in [0.25, 0.3) is 10.2 Å². The van der Waals surface area contributed by atoms with Crippen molar-refractivity contribution in [2.45, 2.75) is 17.5 Å². The fourth-order valence-corrected chi connectivity index (χ4v) is 7.25. The molecule has 3 aromatic carbocycles. The van der Waals surface area contributed by atoms with Gasteiger partial charge in [-0.1, -0.05) is 66.7 Å². The molecule has 0 saturated carbocycles. The van der Waals surface area contributed by atoms with Crippen molar-refractivity contribution in [3.8, 4) is 11.1 Å². The number of hydrogen-bond donors (Lipinski definition) is 2. The van der Waals surface area contributed by atoms with Crippen molar-refractivity contribution in [1.29, 1.82) is 0 Å². The molecule has 3 N–H and O–H groups in total. The molecule has 0 aliphatic heterocycles. The third-order valence-electron chi connectivity index (χ3n) is 5.44. The van der Waals surface area contributed by atoms with Gasteiger partial charge in [0.15, 0.2) is 15.1 Å². The average molecular weight is 556 g/mol. The first-order chi connectivity index (χ1) is 17.7. The summed E-state index contributed by atoms with van der Waals surface area (Å²) in [4.78, 5) is 4.61. The Bertz CT molecular complexity index is 1750. The van der Waals surface area contributed by atoms with Crippen molar-refractivity contribution in [2.24, 2.45) is 5.14 Å². The number of thiazole rings is 1. The molecule has 10 nitrogen and oxygen atoms in total. The van der Waals surface area contributed by atoms with Gasteiger partial charge in [0.1, 0.15) is 5.01 Å². The van der Waals surface area contributed by atoms with E-state index in [9.17, 15) is 16.8 Å². The Kier molecular flexibility index (Phi) is 6.88. The van der Waals surface area contributed by atoms with Gasteiger partial charge < -0.3 is 4.42 Å². The van der Waals surface area contributed by atoms with Crippen LogP contribution < -0.4 is 9.86 Å².